The molecule has 0 bridgehead atoms. The van der Waals surface area contributed by atoms with Crippen molar-refractivity contribution in [2.75, 3.05) is 26.1 Å². The third-order valence-corrected chi connectivity index (χ3v) is 4.49. The lowest BCUT2D eigenvalue weighted by atomic mass is 9.85. The highest BCUT2D eigenvalue weighted by Crippen LogP contribution is 2.37. The molecule has 1 aromatic heterocycles. The number of aromatic nitrogens is 1. The number of methoxy groups -OCH3 is 1. The van der Waals surface area contributed by atoms with Crippen LogP contribution in [0.15, 0.2) is 6.07 Å². The van der Waals surface area contributed by atoms with Crippen LogP contribution in [0.5, 0.6) is 5.88 Å². The molecule has 0 saturated heterocycles. The van der Waals surface area contributed by atoms with Gasteiger partial charge in [-0.15, -0.1) is 0 Å². The van der Waals surface area contributed by atoms with E-state index >= 15 is 0 Å². The van der Waals surface area contributed by atoms with Crippen molar-refractivity contribution in [3.63, 3.8) is 0 Å². The molecule has 1 aliphatic rings. The van der Waals surface area contributed by atoms with Crippen LogP contribution in [0.25, 0.3) is 0 Å². The average molecular weight is 406 g/mol. The van der Waals surface area contributed by atoms with E-state index in [0.29, 0.717) is 0 Å². The molecule has 0 aliphatic heterocycles. The molecule has 0 unspecified atom stereocenters. The number of pyridine rings is 1. The molecule has 0 atom stereocenters. The number of nitrogens with two attached hydrogens (primary N) is 1. The minimum absolute atomic E-state index is 0.0255. The van der Waals surface area contributed by atoms with E-state index in [1.807, 2.05) is 0 Å². The number of rotatable bonds is 7. The van der Waals surface area contributed by atoms with Crippen molar-refractivity contribution in [1.29, 1.82) is 0 Å². The highest BCUT2D eigenvalue weighted by atomic mass is 19.4. The monoisotopic (exact) mass is 406 g/mol. The first kappa shape index (κ1) is 21.7. The van der Waals surface area contributed by atoms with Crippen LogP contribution < -0.4 is 15.8 Å². The third kappa shape index (κ3) is 5.44. The van der Waals surface area contributed by atoms with E-state index in [1.54, 1.807) is 0 Å². The molecule has 156 valence electrons. The second-order valence-corrected chi connectivity index (χ2v) is 6.41. The number of nitrogens with one attached hydrogen (secondary N) is 1. The molecule has 3 N–H and O–H groups in total. The van der Waals surface area contributed by atoms with Gasteiger partial charge in [0, 0.05) is 19.2 Å². The normalized spacial score (nSPS) is 19.9. The molecule has 0 spiro atoms. The summed E-state index contributed by atoms with van der Waals surface area (Å²) < 4.78 is 48.4. The highest BCUT2D eigenvalue weighted by Gasteiger charge is 2.41. The lowest BCUT2D eigenvalue weighted by Crippen LogP contribution is -2.40. The molecule has 0 aromatic carbocycles. The van der Waals surface area contributed by atoms with Gasteiger partial charge < -0.3 is 20.5 Å². The molecule has 1 amide bonds. The number of carbonyl (C=O) groups is 1. The van der Waals surface area contributed by atoms with Crippen molar-refractivity contribution in [2.24, 2.45) is 5.92 Å². The maximum atomic E-state index is 12.8. The van der Waals surface area contributed by atoms with Crippen LogP contribution in [0.2, 0.25) is 0 Å². The molecule has 1 heterocycles. The zero-order valence-corrected chi connectivity index (χ0v) is 15.1. The van der Waals surface area contributed by atoms with E-state index < -0.39 is 40.5 Å². The average Bonchev–Trinajstić information content (AvgIpc) is 2.61. The summed E-state index contributed by atoms with van der Waals surface area (Å²) in [6.07, 6.45) is -4.13. The van der Waals surface area contributed by atoms with Crippen LogP contribution in [0, 0.1) is 16.0 Å². The Morgan fingerprint density at radius 1 is 1.36 bits per heavy atom. The van der Waals surface area contributed by atoms with Gasteiger partial charge in [0.1, 0.15) is 12.2 Å². The Morgan fingerprint density at radius 3 is 2.54 bits per heavy atom. The number of nitrogen functional groups attached to an aromatic ring is 1. The summed E-state index contributed by atoms with van der Waals surface area (Å²) in [7, 11) is 1.44. The van der Waals surface area contributed by atoms with Gasteiger partial charge in [-0.2, -0.15) is 18.2 Å². The highest BCUT2D eigenvalue weighted by molar-refractivity contribution is 5.97. The largest absolute Gasteiger partial charge is 0.475 e. The van der Waals surface area contributed by atoms with Crippen molar-refractivity contribution < 1.29 is 32.4 Å². The third-order valence-electron chi connectivity index (χ3n) is 4.49. The number of carbonyl (C=O) groups excluding carboxylic acids is 1. The van der Waals surface area contributed by atoms with Crippen LogP contribution in [-0.2, 0) is 4.74 Å². The molecular formula is C16H21F3N4O5. The number of hydrogen-bond acceptors (Lipinski definition) is 7. The van der Waals surface area contributed by atoms with Gasteiger partial charge in [-0.3, -0.25) is 14.9 Å². The summed E-state index contributed by atoms with van der Waals surface area (Å²) >= 11 is 0. The van der Waals surface area contributed by atoms with Crippen LogP contribution in [0.4, 0.5) is 24.7 Å². The van der Waals surface area contributed by atoms with Crippen LogP contribution in [0.3, 0.4) is 0 Å². The van der Waals surface area contributed by atoms with Crippen molar-refractivity contribution in [2.45, 2.75) is 37.9 Å². The fourth-order valence-electron chi connectivity index (χ4n) is 2.97. The van der Waals surface area contributed by atoms with Gasteiger partial charge in [0.2, 0.25) is 11.7 Å². The smallest absolute Gasteiger partial charge is 0.391 e. The number of halogens is 3. The molecule has 12 heteroatoms. The number of anilines is 1. The first-order valence-electron chi connectivity index (χ1n) is 8.57. The maximum Gasteiger partial charge on any atom is 0.391 e. The Hall–Kier alpha value is -2.63. The van der Waals surface area contributed by atoms with Crippen molar-refractivity contribution in [3.05, 3.63) is 21.7 Å². The van der Waals surface area contributed by atoms with Gasteiger partial charge >= 0.3 is 11.9 Å². The van der Waals surface area contributed by atoms with Gasteiger partial charge in [-0.1, -0.05) is 0 Å². The molecule has 1 fully saturated rings. The number of alkyl halides is 3. The molecule has 9 nitrogen and oxygen atoms in total. The summed E-state index contributed by atoms with van der Waals surface area (Å²) in [5.41, 5.74) is 4.76. The number of hydrogen-bond donors (Lipinski definition) is 2. The summed E-state index contributed by atoms with van der Waals surface area (Å²) in [5, 5.41) is 13.7. The van der Waals surface area contributed by atoms with Gasteiger partial charge in [0.05, 0.1) is 17.4 Å². The van der Waals surface area contributed by atoms with Crippen LogP contribution in [-0.4, -0.2) is 48.4 Å². The molecule has 1 saturated carbocycles. The first-order valence-corrected chi connectivity index (χ1v) is 8.57. The predicted octanol–water partition coefficient (Wildman–Crippen LogP) is 2.45. The lowest BCUT2D eigenvalue weighted by Gasteiger charge is -2.30. The van der Waals surface area contributed by atoms with Crippen LogP contribution in [0.1, 0.15) is 36.0 Å². The van der Waals surface area contributed by atoms with Gasteiger partial charge in [0.15, 0.2) is 0 Å². The van der Waals surface area contributed by atoms with Crippen molar-refractivity contribution in [3.8, 4) is 5.88 Å². The van der Waals surface area contributed by atoms with E-state index in [0.717, 1.165) is 6.07 Å². The Morgan fingerprint density at radius 2 is 2.00 bits per heavy atom. The zero-order valence-electron chi connectivity index (χ0n) is 15.1. The summed E-state index contributed by atoms with van der Waals surface area (Å²) in [5.74, 6) is -2.73. The Balaban J connectivity index is 2.14. The zero-order chi connectivity index (χ0) is 20.9. The first-order chi connectivity index (χ1) is 13.1. The lowest BCUT2D eigenvalue weighted by molar-refractivity contribution is -0.384. The summed E-state index contributed by atoms with van der Waals surface area (Å²) in [6.45, 7) is 0.207. The SMILES string of the molecule is COCCOc1nc(N)c([N+](=O)[O-])cc1C(=O)NC1CCC(C(F)(F)F)CC1. The minimum Gasteiger partial charge on any atom is -0.475 e. The standard InChI is InChI=1S/C16H21F3N4O5/c1-27-6-7-28-15-11(8-12(23(25)26)13(20)22-15)14(24)21-10-4-2-9(3-5-10)16(17,18)19/h8-10H,2-7H2,1H3,(H2,20,22)(H,21,24). The molecule has 2 rings (SSSR count). The van der Waals surface area contributed by atoms with Crippen molar-refractivity contribution >= 4 is 17.4 Å². The Bertz CT molecular complexity index is 721. The van der Waals surface area contributed by atoms with Crippen molar-refractivity contribution in [1.82, 2.24) is 10.3 Å². The number of ether oxygens (including phenoxy) is 2. The fourth-order valence-corrected chi connectivity index (χ4v) is 2.97. The van der Waals surface area contributed by atoms with E-state index in [4.69, 9.17) is 15.2 Å². The molecular weight excluding hydrogens is 385 g/mol. The summed E-state index contributed by atoms with van der Waals surface area (Å²) in [4.78, 5) is 26.6. The molecule has 0 radical (unpaired) electrons. The van der Waals surface area contributed by atoms with E-state index in [2.05, 4.69) is 10.3 Å². The fraction of sp³-hybridized carbons (Fsp3) is 0.625. The molecule has 1 aromatic rings. The number of nitro groups is 1. The Kier molecular flexibility index (Phi) is 7.00. The predicted molar refractivity (Wildman–Crippen MR) is 91.9 cm³/mol. The van der Waals surface area contributed by atoms with Crippen LogP contribution >= 0.6 is 0 Å². The van der Waals surface area contributed by atoms with Gasteiger partial charge in [0.25, 0.3) is 5.91 Å². The topological polar surface area (TPSA) is 130 Å². The second kappa shape index (κ2) is 9.04. The van der Waals surface area contributed by atoms with Gasteiger partial charge in [-0.25, -0.2) is 0 Å². The van der Waals surface area contributed by atoms with Gasteiger partial charge in [-0.05, 0) is 25.7 Å². The maximum absolute atomic E-state index is 12.8. The molecule has 1 aliphatic carbocycles. The minimum atomic E-state index is -4.25. The van der Waals surface area contributed by atoms with E-state index in [9.17, 15) is 28.1 Å². The molecule has 28 heavy (non-hydrogen) atoms. The number of nitrogens with zero attached hydrogens (tertiary/aromatic N) is 2. The van der Waals surface area contributed by atoms with E-state index in [1.165, 1.54) is 7.11 Å². The van der Waals surface area contributed by atoms with E-state index in [-0.39, 0.29) is 50.3 Å². The quantitative estimate of drug-likeness (QED) is 0.404. The second-order valence-electron chi connectivity index (χ2n) is 6.41. The number of amides is 1. The Labute approximate surface area is 158 Å². The summed E-state index contributed by atoms with van der Waals surface area (Å²) in [6, 6.07) is 0.468.